The predicted molar refractivity (Wildman–Crippen MR) is 125 cm³/mol. The van der Waals surface area contributed by atoms with Crippen molar-refractivity contribution >= 4 is 51.2 Å². The van der Waals surface area contributed by atoms with E-state index in [9.17, 15) is 24.6 Å². The third-order valence-electron chi connectivity index (χ3n) is 6.64. The van der Waals surface area contributed by atoms with Crippen molar-refractivity contribution in [3.63, 3.8) is 0 Å². The van der Waals surface area contributed by atoms with Gasteiger partial charge >= 0.3 is 0 Å². The van der Waals surface area contributed by atoms with Crippen molar-refractivity contribution in [1.29, 1.82) is 0 Å². The molecule has 0 spiro atoms. The first-order valence-corrected chi connectivity index (χ1v) is 12.9. The van der Waals surface area contributed by atoms with Gasteiger partial charge in [-0.25, -0.2) is 4.57 Å². The summed E-state index contributed by atoms with van der Waals surface area (Å²) in [5, 5.41) is 23.0. The van der Waals surface area contributed by atoms with Gasteiger partial charge in [-0.15, -0.1) is 0 Å². The molecule has 0 aliphatic carbocycles. The van der Waals surface area contributed by atoms with E-state index in [0.717, 1.165) is 14.7 Å². The molecule has 3 aromatic rings. The van der Waals surface area contributed by atoms with E-state index in [4.69, 9.17) is 0 Å². The number of benzene rings is 1. The second-order valence-corrected chi connectivity index (χ2v) is 10.5. The van der Waals surface area contributed by atoms with Crippen molar-refractivity contribution in [2.24, 2.45) is 11.8 Å². The fourth-order valence-corrected chi connectivity index (χ4v) is 7.31. The van der Waals surface area contributed by atoms with Crippen molar-refractivity contribution < 1.29 is 29.0 Å². The highest BCUT2D eigenvalue weighted by atomic mass is 32.2. The molecule has 4 atom stereocenters. The molecule has 0 saturated carbocycles. The molecule has 0 unspecified atom stereocenters. The van der Waals surface area contributed by atoms with Crippen LogP contribution in [0.5, 0.6) is 0 Å². The highest BCUT2D eigenvalue weighted by Crippen LogP contribution is 2.51. The minimum atomic E-state index is -1.39. The van der Waals surface area contributed by atoms with Crippen LogP contribution >= 0.6 is 23.1 Å². The lowest BCUT2D eigenvalue weighted by Gasteiger charge is -2.47. The van der Waals surface area contributed by atoms with Gasteiger partial charge in [-0.2, -0.15) is 4.40 Å². The SMILES string of the molecule is CSc1c2sc(C3=C(C(=O)[O-])N4C(=O)[C@H]([C@@H](C)O)[C@H]4[C@H]3C)c[n+]2cn1CC(=O)c1ccccc1. The van der Waals surface area contributed by atoms with Gasteiger partial charge in [0.25, 0.3) is 6.33 Å². The maximum absolute atomic E-state index is 12.7. The lowest BCUT2D eigenvalue weighted by Crippen LogP contribution is -2.64. The number of ketones is 1. The molecule has 1 fully saturated rings. The molecule has 1 aromatic carbocycles. The van der Waals surface area contributed by atoms with E-state index >= 15 is 0 Å². The van der Waals surface area contributed by atoms with Gasteiger partial charge in [0.1, 0.15) is 6.20 Å². The van der Waals surface area contributed by atoms with Crippen molar-refractivity contribution in [2.45, 2.75) is 37.6 Å². The Morgan fingerprint density at radius 3 is 2.62 bits per heavy atom. The predicted octanol–water partition coefficient (Wildman–Crippen LogP) is 1.21. The topological polar surface area (TPSA) is 107 Å². The number of Topliss-reactive ketones (excluding diaryl/α,β-unsaturated/α-hetero) is 1. The molecule has 0 radical (unpaired) electrons. The first kappa shape index (κ1) is 22.8. The lowest BCUT2D eigenvalue weighted by molar-refractivity contribution is -0.508. The quantitative estimate of drug-likeness (QED) is 0.228. The van der Waals surface area contributed by atoms with E-state index in [0.29, 0.717) is 11.1 Å². The molecule has 34 heavy (non-hydrogen) atoms. The van der Waals surface area contributed by atoms with Crippen LogP contribution in [0.2, 0.25) is 0 Å². The minimum absolute atomic E-state index is 0.00205. The maximum atomic E-state index is 12.7. The van der Waals surface area contributed by atoms with Gasteiger partial charge in [0.15, 0.2) is 6.54 Å². The van der Waals surface area contributed by atoms with Crippen molar-refractivity contribution in [2.75, 3.05) is 6.26 Å². The largest absolute Gasteiger partial charge is 0.543 e. The summed E-state index contributed by atoms with van der Waals surface area (Å²) in [5.41, 5.74) is 1.08. The number of hydrogen-bond donors (Lipinski definition) is 1. The Bertz CT molecular complexity index is 1360. The number of aliphatic hydroxyl groups is 1. The Hall–Kier alpha value is -2.95. The summed E-state index contributed by atoms with van der Waals surface area (Å²) >= 11 is 2.93. The highest BCUT2D eigenvalue weighted by Gasteiger charge is 2.59. The number of aromatic nitrogens is 2. The summed E-state index contributed by atoms with van der Waals surface area (Å²) in [7, 11) is 0. The van der Waals surface area contributed by atoms with E-state index in [2.05, 4.69) is 0 Å². The molecular weight excluding hydrogens is 474 g/mol. The van der Waals surface area contributed by atoms with Crippen LogP contribution in [0.4, 0.5) is 0 Å². The molecule has 2 aliphatic heterocycles. The third-order valence-corrected chi connectivity index (χ3v) is 8.73. The van der Waals surface area contributed by atoms with E-state index in [-0.39, 0.29) is 29.9 Å². The van der Waals surface area contributed by atoms with Gasteiger partial charge in [0, 0.05) is 17.1 Å². The first-order valence-electron chi connectivity index (χ1n) is 10.9. The van der Waals surface area contributed by atoms with E-state index in [1.54, 1.807) is 19.1 Å². The molecule has 5 rings (SSSR count). The maximum Gasteiger partial charge on any atom is 0.251 e. The van der Waals surface area contributed by atoms with Gasteiger partial charge in [-0.3, -0.25) is 9.59 Å². The summed E-state index contributed by atoms with van der Waals surface area (Å²) in [5.74, 6) is -2.67. The number of thiazole rings is 1. The number of fused-ring (bicyclic) bond motifs is 2. The number of carbonyl (C=O) groups is 3. The zero-order valence-corrected chi connectivity index (χ0v) is 20.4. The molecule has 4 heterocycles. The second kappa shape index (κ2) is 8.37. The fourth-order valence-electron chi connectivity index (χ4n) is 5.13. The van der Waals surface area contributed by atoms with Crippen molar-refractivity contribution in [1.82, 2.24) is 9.47 Å². The second-order valence-electron chi connectivity index (χ2n) is 8.65. The molecular formula is C24H23N3O5S2. The summed E-state index contributed by atoms with van der Waals surface area (Å²) in [6.07, 6.45) is 4.74. The number of hydrogen-bond acceptors (Lipinski definition) is 7. The van der Waals surface area contributed by atoms with Crippen LogP contribution in [0.3, 0.4) is 0 Å². The standard InChI is InChI=1S/C24H23N3O5S2/c1-12-17(20(24(31)32)27-19(12)18(13(2)28)21(27)30)16-10-26-11-25(22(33-3)23(26)34-16)9-15(29)14-7-5-4-6-8-14/h4-8,10-13,18-19,28H,9H2,1-3H3/t12-,13+,18+,19+/m0/s1. The number of aliphatic carboxylic acids is 1. The molecule has 10 heteroatoms. The number of thioether (sulfide) groups is 1. The van der Waals surface area contributed by atoms with E-state index in [1.165, 1.54) is 28.0 Å². The minimum Gasteiger partial charge on any atom is -0.543 e. The van der Waals surface area contributed by atoms with E-state index in [1.807, 2.05) is 52.9 Å². The average Bonchev–Trinajstić information content (AvgIpc) is 3.41. The molecule has 8 nitrogen and oxygen atoms in total. The molecule has 1 saturated heterocycles. The molecule has 1 amide bonds. The van der Waals surface area contributed by atoms with Crippen LogP contribution in [0.25, 0.3) is 10.4 Å². The Balaban J connectivity index is 1.53. The van der Waals surface area contributed by atoms with Gasteiger partial charge < -0.3 is 19.9 Å². The van der Waals surface area contributed by atoms with Crippen LogP contribution in [0.15, 0.2) is 53.6 Å². The van der Waals surface area contributed by atoms with Crippen LogP contribution < -0.4 is 9.51 Å². The number of aliphatic hydroxyl groups excluding tert-OH is 1. The van der Waals surface area contributed by atoms with Crippen LogP contribution in [-0.4, -0.2) is 50.6 Å². The molecule has 0 bridgehead atoms. The number of β-lactam (4-membered cyclic amide) rings is 1. The molecule has 2 aliphatic rings. The smallest absolute Gasteiger partial charge is 0.251 e. The van der Waals surface area contributed by atoms with Crippen LogP contribution in [0, 0.1) is 11.8 Å². The summed E-state index contributed by atoms with van der Waals surface area (Å²) in [6, 6.07) is 8.72. The number of amides is 1. The Morgan fingerprint density at radius 1 is 1.29 bits per heavy atom. The van der Waals surface area contributed by atoms with Crippen LogP contribution in [0.1, 0.15) is 29.1 Å². The van der Waals surface area contributed by atoms with Crippen molar-refractivity contribution in [3.05, 3.63) is 59.0 Å². The van der Waals surface area contributed by atoms with Crippen molar-refractivity contribution in [3.8, 4) is 0 Å². The van der Waals surface area contributed by atoms with Gasteiger partial charge in [0.2, 0.25) is 21.5 Å². The Kier molecular flexibility index (Phi) is 5.62. The zero-order chi connectivity index (χ0) is 24.3. The molecule has 176 valence electrons. The zero-order valence-electron chi connectivity index (χ0n) is 18.8. The number of rotatable bonds is 7. The van der Waals surface area contributed by atoms with E-state index < -0.39 is 24.0 Å². The third kappa shape index (κ3) is 3.31. The number of nitrogens with zero attached hydrogens (tertiary/aromatic N) is 3. The summed E-state index contributed by atoms with van der Waals surface area (Å²) < 4.78 is 3.78. The number of carbonyl (C=O) groups excluding carboxylic acids is 3. The number of carboxylic acid groups (broad SMARTS) is 1. The monoisotopic (exact) mass is 497 g/mol. The number of carboxylic acids is 1. The average molecular weight is 498 g/mol. The highest BCUT2D eigenvalue weighted by molar-refractivity contribution is 7.98. The first-order chi connectivity index (χ1) is 16.2. The normalized spacial score (nSPS) is 22.8. The van der Waals surface area contributed by atoms with Crippen LogP contribution in [-0.2, 0) is 16.1 Å². The summed E-state index contributed by atoms with van der Waals surface area (Å²) in [6.45, 7) is 3.63. The Morgan fingerprint density at radius 2 is 2.00 bits per heavy atom. The van der Waals surface area contributed by atoms with Gasteiger partial charge in [-0.05, 0) is 13.2 Å². The summed E-state index contributed by atoms with van der Waals surface area (Å²) in [4.78, 5) is 40.3. The Labute approximate surface area is 204 Å². The van der Waals surface area contributed by atoms with Gasteiger partial charge in [-0.1, -0.05) is 60.4 Å². The molecule has 1 N–H and O–H groups in total. The number of imidazole rings is 1. The molecule has 2 aromatic heterocycles. The van der Waals surface area contributed by atoms with Gasteiger partial charge in [0.05, 0.1) is 34.6 Å². The fraction of sp³-hybridized carbons (Fsp3) is 0.333. The lowest BCUT2D eigenvalue weighted by atomic mass is 9.77.